The van der Waals surface area contributed by atoms with Crippen molar-refractivity contribution in [1.29, 1.82) is 0 Å². The van der Waals surface area contributed by atoms with Crippen LogP contribution in [0.1, 0.15) is 12.7 Å². The Bertz CT molecular complexity index is 242. The van der Waals surface area contributed by atoms with Crippen molar-refractivity contribution < 1.29 is 5.11 Å². The van der Waals surface area contributed by atoms with E-state index in [0.29, 0.717) is 5.82 Å². The molecule has 0 spiro atoms. The molecule has 0 amide bonds. The summed E-state index contributed by atoms with van der Waals surface area (Å²) < 4.78 is 1.80. The normalized spacial score (nSPS) is 16.4. The monoisotopic (exact) mass is 155 g/mol. The van der Waals surface area contributed by atoms with Gasteiger partial charge in [0.15, 0.2) is 0 Å². The molecular weight excluding hydrogens is 142 g/mol. The maximum atomic E-state index is 8.91. The van der Waals surface area contributed by atoms with Gasteiger partial charge in [-0.05, 0) is 6.92 Å². The first-order valence-corrected chi connectivity index (χ1v) is 3.45. The summed E-state index contributed by atoms with van der Waals surface area (Å²) >= 11 is 0. The van der Waals surface area contributed by atoms with Gasteiger partial charge >= 0.3 is 0 Å². The van der Waals surface area contributed by atoms with Crippen LogP contribution in [0.4, 0.5) is 0 Å². The van der Waals surface area contributed by atoms with Crippen LogP contribution in [0.3, 0.4) is 0 Å². The molecule has 1 rings (SSSR count). The molecule has 0 fully saturated rings. The van der Waals surface area contributed by atoms with Crippen molar-refractivity contribution >= 4 is 0 Å². The van der Waals surface area contributed by atoms with Crippen molar-refractivity contribution in [2.24, 2.45) is 12.8 Å². The Morgan fingerprint density at radius 2 is 2.45 bits per heavy atom. The van der Waals surface area contributed by atoms with Crippen molar-refractivity contribution in [2.75, 3.05) is 6.61 Å². The zero-order chi connectivity index (χ0) is 8.48. The lowest BCUT2D eigenvalue weighted by atomic mass is 10.1. The topological polar surface area (TPSA) is 64.1 Å². The summed E-state index contributed by atoms with van der Waals surface area (Å²) in [6, 6.07) is 0. The number of rotatable bonds is 2. The van der Waals surface area contributed by atoms with Gasteiger partial charge in [0.05, 0.1) is 12.1 Å². The van der Waals surface area contributed by atoms with Crippen LogP contribution in [-0.4, -0.2) is 21.3 Å². The first kappa shape index (κ1) is 8.23. The summed E-state index contributed by atoms with van der Waals surface area (Å²) in [4.78, 5) is 4.04. The van der Waals surface area contributed by atoms with E-state index in [1.165, 1.54) is 0 Å². The summed E-state index contributed by atoms with van der Waals surface area (Å²) in [6.45, 7) is 1.65. The molecular formula is C7H13N3O. The van der Waals surface area contributed by atoms with Crippen LogP contribution in [-0.2, 0) is 12.6 Å². The fourth-order valence-electron chi connectivity index (χ4n) is 0.987. The molecule has 0 aliphatic rings. The van der Waals surface area contributed by atoms with E-state index in [-0.39, 0.29) is 6.61 Å². The Hall–Kier alpha value is -0.870. The third kappa shape index (κ3) is 1.41. The first-order chi connectivity index (χ1) is 5.08. The molecule has 1 atom stereocenters. The number of nitrogens with zero attached hydrogens (tertiary/aromatic N) is 2. The summed E-state index contributed by atoms with van der Waals surface area (Å²) in [6.07, 6.45) is 3.46. The molecule has 0 radical (unpaired) electrons. The van der Waals surface area contributed by atoms with Gasteiger partial charge in [-0.1, -0.05) is 0 Å². The first-order valence-electron chi connectivity index (χ1n) is 3.45. The number of hydrogen-bond acceptors (Lipinski definition) is 3. The second-order valence-corrected chi connectivity index (χ2v) is 2.94. The molecule has 0 aromatic carbocycles. The smallest absolute Gasteiger partial charge is 0.130 e. The van der Waals surface area contributed by atoms with Crippen LogP contribution in [0, 0.1) is 0 Å². The molecule has 1 aromatic rings. The van der Waals surface area contributed by atoms with E-state index in [1.54, 1.807) is 23.9 Å². The van der Waals surface area contributed by atoms with Crippen LogP contribution in [0.25, 0.3) is 0 Å². The molecule has 3 N–H and O–H groups in total. The standard InChI is InChI=1S/C7H13N3O/c1-7(8,5-11)6-9-3-4-10(6)2/h3-4,11H,5,8H2,1-2H3. The van der Waals surface area contributed by atoms with Crippen molar-refractivity contribution in [1.82, 2.24) is 9.55 Å². The molecule has 0 saturated heterocycles. The molecule has 0 saturated carbocycles. The second kappa shape index (κ2) is 2.64. The van der Waals surface area contributed by atoms with E-state index in [0.717, 1.165) is 0 Å². The van der Waals surface area contributed by atoms with Gasteiger partial charge in [0.1, 0.15) is 5.82 Å². The molecule has 0 aliphatic carbocycles. The zero-order valence-corrected chi connectivity index (χ0v) is 6.78. The van der Waals surface area contributed by atoms with Gasteiger partial charge in [-0.15, -0.1) is 0 Å². The van der Waals surface area contributed by atoms with Gasteiger partial charge in [0.25, 0.3) is 0 Å². The van der Waals surface area contributed by atoms with Gasteiger partial charge in [0, 0.05) is 19.4 Å². The van der Waals surface area contributed by atoms with E-state index >= 15 is 0 Å². The van der Waals surface area contributed by atoms with Crippen molar-refractivity contribution in [2.45, 2.75) is 12.5 Å². The van der Waals surface area contributed by atoms with E-state index < -0.39 is 5.54 Å². The Kier molecular flexibility index (Phi) is 1.97. The van der Waals surface area contributed by atoms with Gasteiger partial charge in [-0.3, -0.25) is 0 Å². The van der Waals surface area contributed by atoms with Crippen LogP contribution in [0.15, 0.2) is 12.4 Å². The lowest BCUT2D eigenvalue weighted by Crippen LogP contribution is -2.39. The predicted molar refractivity (Wildman–Crippen MR) is 41.8 cm³/mol. The number of hydrogen-bond donors (Lipinski definition) is 2. The minimum Gasteiger partial charge on any atom is -0.394 e. The summed E-state index contributed by atoms with van der Waals surface area (Å²) in [5.41, 5.74) is 5.01. The van der Waals surface area contributed by atoms with Crippen LogP contribution in [0.2, 0.25) is 0 Å². The third-order valence-electron chi connectivity index (χ3n) is 1.66. The average Bonchev–Trinajstić information content (AvgIpc) is 2.36. The maximum Gasteiger partial charge on any atom is 0.130 e. The van der Waals surface area contributed by atoms with Gasteiger partial charge in [-0.25, -0.2) is 4.98 Å². The predicted octanol–water partition coefficient (Wildman–Crippen LogP) is -0.414. The number of aromatic nitrogens is 2. The quantitative estimate of drug-likeness (QED) is 0.610. The molecule has 4 heteroatoms. The highest BCUT2D eigenvalue weighted by Gasteiger charge is 2.23. The average molecular weight is 155 g/mol. The van der Waals surface area contributed by atoms with Crippen LogP contribution < -0.4 is 5.73 Å². The molecule has 1 aromatic heterocycles. The number of aryl methyl sites for hydroxylation is 1. The van der Waals surface area contributed by atoms with Gasteiger partial charge in [0.2, 0.25) is 0 Å². The molecule has 4 nitrogen and oxygen atoms in total. The number of aliphatic hydroxyl groups excluding tert-OH is 1. The fourth-order valence-corrected chi connectivity index (χ4v) is 0.987. The van der Waals surface area contributed by atoms with E-state index in [1.807, 2.05) is 7.05 Å². The van der Waals surface area contributed by atoms with E-state index in [9.17, 15) is 0 Å². The summed E-state index contributed by atoms with van der Waals surface area (Å²) in [5, 5.41) is 8.91. The minimum atomic E-state index is -0.738. The third-order valence-corrected chi connectivity index (χ3v) is 1.66. The Labute approximate surface area is 65.7 Å². The molecule has 1 unspecified atom stereocenters. The lowest BCUT2D eigenvalue weighted by molar-refractivity contribution is 0.200. The number of nitrogens with two attached hydrogens (primary N) is 1. The fraction of sp³-hybridized carbons (Fsp3) is 0.571. The molecule has 62 valence electrons. The minimum absolute atomic E-state index is 0.0994. The SMILES string of the molecule is Cn1ccnc1C(C)(N)CO. The highest BCUT2D eigenvalue weighted by Crippen LogP contribution is 2.12. The van der Waals surface area contributed by atoms with Crippen molar-refractivity contribution in [3.05, 3.63) is 18.2 Å². The maximum absolute atomic E-state index is 8.91. The van der Waals surface area contributed by atoms with Crippen molar-refractivity contribution in [3.63, 3.8) is 0 Å². The highest BCUT2D eigenvalue weighted by atomic mass is 16.3. The summed E-state index contributed by atoms with van der Waals surface area (Å²) in [7, 11) is 1.85. The number of imidazole rings is 1. The van der Waals surface area contributed by atoms with Crippen LogP contribution in [0.5, 0.6) is 0 Å². The van der Waals surface area contributed by atoms with Crippen molar-refractivity contribution in [3.8, 4) is 0 Å². The molecule has 0 bridgehead atoms. The molecule has 0 aliphatic heterocycles. The molecule has 11 heavy (non-hydrogen) atoms. The molecule has 1 heterocycles. The zero-order valence-electron chi connectivity index (χ0n) is 6.78. The summed E-state index contributed by atoms with van der Waals surface area (Å²) in [5.74, 6) is 0.694. The largest absolute Gasteiger partial charge is 0.394 e. The van der Waals surface area contributed by atoms with Gasteiger partial charge < -0.3 is 15.4 Å². The number of aliphatic hydroxyl groups is 1. The van der Waals surface area contributed by atoms with E-state index in [2.05, 4.69) is 4.98 Å². The van der Waals surface area contributed by atoms with Crippen LogP contribution >= 0.6 is 0 Å². The second-order valence-electron chi connectivity index (χ2n) is 2.94. The van der Waals surface area contributed by atoms with E-state index in [4.69, 9.17) is 10.8 Å². The lowest BCUT2D eigenvalue weighted by Gasteiger charge is -2.20. The van der Waals surface area contributed by atoms with Gasteiger partial charge in [-0.2, -0.15) is 0 Å². The highest BCUT2D eigenvalue weighted by molar-refractivity contribution is 5.05. The Morgan fingerprint density at radius 1 is 1.82 bits per heavy atom. The Balaban J connectivity index is 3.00. The Morgan fingerprint density at radius 3 is 2.82 bits per heavy atom.